The summed E-state index contributed by atoms with van der Waals surface area (Å²) >= 11 is 1.69. The van der Waals surface area contributed by atoms with Crippen molar-refractivity contribution in [3.8, 4) is 0 Å². The van der Waals surface area contributed by atoms with E-state index in [-0.39, 0.29) is 6.10 Å². The zero-order valence-electron chi connectivity index (χ0n) is 9.53. The Kier molecular flexibility index (Phi) is 5.15. The summed E-state index contributed by atoms with van der Waals surface area (Å²) in [6, 6.07) is 8.81. The monoisotopic (exact) mass is 225 g/mol. The van der Waals surface area contributed by atoms with Crippen LogP contribution >= 0.6 is 11.8 Å². The average molecular weight is 225 g/mol. The van der Waals surface area contributed by atoms with Gasteiger partial charge in [0.05, 0.1) is 6.10 Å². The van der Waals surface area contributed by atoms with Gasteiger partial charge in [-0.3, -0.25) is 0 Å². The molecule has 0 amide bonds. The highest BCUT2D eigenvalue weighted by atomic mass is 32.2. The highest BCUT2D eigenvalue weighted by Gasteiger charge is 2.04. The van der Waals surface area contributed by atoms with E-state index in [0.29, 0.717) is 6.04 Å². The summed E-state index contributed by atoms with van der Waals surface area (Å²) in [6.07, 6.45) is -0.250. The van der Waals surface area contributed by atoms with Gasteiger partial charge in [0, 0.05) is 16.7 Å². The van der Waals surface area contributed by atoms with Crippen molar-refractivity contribution < 1.29 is 5.11 Å². The Bertz CT molecular complexity index is 301. The van der Waals surface area contributed by atoms with Crippen LogP contribution in [0.15, 0.2) is 29.2 Å². The molecular formula is C12H19NOS. The molecule has 2 N–H and O–H groups in total. The van der Waals surface area contributed by atoms with Crippen LogP contribution in [-0.2, 0) is 0 Å². The Morgan fingerprint density at radius 3 is 2.73 bits per heavy atom. The van der Waals surface area contributed by atoms with E-state index >= 15 is 0 Å². The minimum absolute atomic E-state index is 0.250. The van der Waals surface area contributed by atoms with Crippen LogP contribution in [0, 0.1) is 0 Å². The van der Waals surface area contributed by atoms with Crippen LogP contribution in [0.4, 0.5) is 0 Å². The summed E-state index contributed by atoms with van der Waals surface area (Å²) in [7, 11) is 1.96. The second kappa shape index (κ2) is 6.16. The van der Waals surface area contributed by atoms with Crippen LogP contribution in [0.25, 0.3) is 0 Å². The van der Waals surface area contributed by atoms with Gasteiger partial charge in [0.25, 0.3) is 0 Å². The van der Waals surface area contributed by atoms with E-state index in [1.54, 1.807) is 11.8 Å². The fourth-order valence-electron chi connectivity index (χ4n) is 1.26. The maximum Gasteiger partial charge on any atom is 0.0606 e. The van der Waals surface area contributed by atoms with Crippen LogP contribution in [-0.4, -0.2) is 24.0 Å². The number of nitrogens with one attached hydrogen (secondary N) is 1. The van der Waals surface area contributed by atoms with Crippen molar-refractivity contribution in [3.05, 3.63) is 29.8 Å². The summed E-state index contributed by atoms with van der Waals surface area (Å²) in [5.41, 5.74) is 1.29. The van der Waals surface area contributed by atoms with Gasteiger partial charge in [-0.05, 0) is 38.6 Å². The second-order valence-corrected chi connectivity index (χ2v) is 4.84. The molecule has 1 aromatic rings. The first-order chi connectivity index (χ1) is 7.13. The summed E-state index contributed by atoms with van der Waals surface area (Å²) in [6.45, 7) is 3.95. The number of aliphatic hydroxyl groups is 1. The lowest BCUT2D eigenvalue weighted by atomic mass is 10.1. The molecular weight excluding hydrogens is 206 g/mol. The Labute approximate surface area is 96.1 Å². The molecule has 3 heteroatoms. The number of rotatable bonds is 5. The lowest BCUT2D eigenvalue weighted by Crippen LogP contribution is -2.12. The van der Waals surface area contributed by atoms with E-state index < -0.39 is 0 Å². The normalized spacial score (nSPS) is 14.9. The number of benzene rings is 1. The first-order valence-corrected chi connectivity index (χ1v) is 6.20. The predicted molar refractivity (Wildman–Crippen MR) is 66.3 cm³/mol. The first-order valence-electron chi connectivity index (χ1n) is 5.21. The molecule has 2 atom stereocenters. The van der Waals surface area contributed by atoms with Crippen molar-refractivity contribution in [2.75, 3.05) is 12.8 Å². The van der Waals surface area contributed by atoms with Gasteiger partial charge in [0.1, 0.15) is 0 Å². The topological polar surface area (TPSA) is 32.3 Å². The molecule has 1 rings (SSSR count). The van der Waals surface area contributed by atoms with Crippen LogP contribution in [0.5, 0.6) is 0 Å². The quantitative estimate of drug-likeness (QED) is 0.755. The van der Waals surface area contributed by atoms with Crippen molar-refractivity contribution in [2.45, 2.75) is 30.9 Å². The maximum atomic E-state index is 9.21. The van der Waals surface area contributed by atoms with E-state index in [0.717, 1.165) is 5.75 Å². The third-order valence-electron chi connectivity index (χ3n) is 2.28. The molecule has 0 aromatic heterocycles. The maximum absolute atomic E-state index is 9.21. The minimum atomic E-state index is -0.250. The molecule has 0 heterocycles. The molecule has 0 aliphatic heterocycles. The van der Waals surface area contributed by atoms with Crippen molar-refractivity contribution in [1.82, 2.24) is 5.32 Å². The lowest BCUT2D eigenvalue weighted by Gasteiger charge is -2.12. The van der Waals surface area contributed by atoms with Gasteiger partial charge < -0.3 is 10.4 Å². The zero-order chi connectivity index (χ0) is 11.3. The highest BCUT2D eigenvalue weighted by molar-refractivity contribution is 7.99. The van der Waals surface area contributed by atoms with E-state index in [9.17, 15) is 5.11 Å². The SMILES string of the molecule is CNC(C)c1cccc(SCC(C)O)c1. The molecule has 0 spiro atoms. The summed E-state index contributed by atoms with van der Waals surface area (Å²) in [4.78, 5) is 1.22. The second-order valence-electron chi connectivity index (χ2n) is 3.74. The van der Waals surface area contributed by atoms with Gasteiger partial charge in [0.15, 0.2) is 0 Å². The molecule has 0 bridgehead atoms. The highest BCUT2D eigenvalue weighted by Crippen LogP contribution is 2.22. The van der Waals surface area contributed by atoms with E-state index in [2.05, 4.69) is 36.5 Å². The van der Waals surface area contributed by atoms with Gasteiger partial charge >= 0.3 is 0 Å². The van der Waals surface area contributed by atoms with Crippen molar-refractivity contribution >= 4 is 11.8 Å². The molecule has 2 unspecified atom stereocenters. The van der Waals surface area contributed by atoms with Gasteiger partial charge in [-0.15, -0.1) is 11.8 Å². The van der Waals surface area contributed by atoms with Gasteiger partial charge in [-0.1, -0.05) is 12.1 Å². The van der Waals surface area contributed by atoms with E-state index in [4.69, 9.17) is 0 Å². The molecule has 84 valence electrons. The third-order valence-corrected chi connectivity index (χ3v) is 3.52. The Morgan fingerprint density at radius 2 is 2.13 bits per heavy atom. The fourth-order valence-corrected chi connectivity index (χ4v) is 2.09. The van der Waals surface area contributed by atoms with Crippen LogP contribution < -0.4 is 5.32 Å². The molecule has 0 saturated heterocycles. The van der Waals surface area contributed by atoms with Crippen LogP contribution in [0.2, 0.25) is 0 Å². The molecule has 0 radical (unpaired) electrons. The summed E-state index contributed by atoms with van der Waals surface area (Å²) < 4.78 is 0. The zero-order valence-corrected chi connectivity index (χ0v) is 10.3. The largest absolute Gasteiger partial charge is 0.393 e. The first kappa shape index (κ1) is 12.6. The molecule has 1 aromatic carbocycles. The van der Waals surface area contributed by atoms with Crippen LogP contribution in [0.3, 0.4) is 0 Å². The van der Waals surface area contributed by atoms with E-state index in [1.165, 1.54) is 10.5 Å². The van der Waals surface area contributed by atoms with Crippen molar-refractivity contribution in [3.63, 3.8) is 0 Å². The van der Waals surface area contributed by atoms with Crippen LogP contribution in [0.1, 0.15) is 25.5 Å². The Balaban J connectivity index is 2.65. The molecule has 0 saturated carbocycles. The Morgan fingerprint density at radius 1 is 1.40 bits per heavy atom. The van der Waals surface area contributed by atoms with Gasteiger partial charge in [-0.25, -0.2) is 0 Å². The smallest absolute Gasteiger partial charge is 0.0606 e. The number of aliphatic hydroxyl groups excluding tert-OH is 1. The third kappa shape index (κ3) is 4.24. The lowest BCUT2D eigenvalue weighted by molar-refractivity contribution is 0.220. The Hall–Kier alpha value is -0.510. The van der Waals surface area contributed by atoms with Gasteiger partial charge in [-0.2, -0.15) is 0 Å². The van der Waals surface area contributed by atoms with E-state index in [1.807, 2.05) is 14.0 Å². The average Bonchev–Trinajstić information content (AvgIpc) is 2.25. The number of hydrogen-bond donors (Lipinski definition) is 2. The minimum Gasteiger partial charge on any atom is -0.393 e. The fraction of sp³-hybridized carbons (Fsp3) is 0.500. The predicted octanol–water partition coefficient (Wildman–Crippen LogP) is 2.44. The summed E-state index contributed by atoms with van der Waals surface area (Å²) in [5, 5.41) is 12.4. The number of hydrogen-bond acceptors (Lipinski definition) is 3. The van der Waals surface area contributed by atoms with Crippen molar-refractivity contribution in [1.29, 1.82) is 0 Å². The number of thioether (sulfide) groups is 1. The molecule has 15 heavy (non-hydrogen) atoms. The van der Waals surface area contributed by atoms with Crippen molar-refractivity contribution in [2.24, 2.45) is 0 Å². The molecule has 0 fully saturated rings. The standard InChI is InChI=1S/C12H19NOS/c1-9(14)8-15-12-6-4-5-11(7-12)10(2)13-3/h4-7,9-10,13-14H,8H2,1-3H3. The summed E-state index contributed by atoms with van der Waals surface area (Å²) in [5.74, 6) is 0.747. The molecule has 0 aliphatic carbocycles. The molecule has 0 aliphatic rings. The molecule has 2 nitrogen and oxygen atoms in total. The van der Waals surface area contributed by atoms with Gasteiger partial charge in [0.2, 0.25) is 0 Å².